The highest BCUT2D eigenvalue weighted by molar-refractivity contribution is 8.16. The van der Waals surface area contributed by atoms with Gasteiger partial charge in [-0.05, 0) is 12.1 Å². The molecule has 0 bridgehead atoms. The predicted octanol–water partition coefficient (Wildman–Crippen LogP) is 1.22. The first-order chi connectivity index (χ1) is 12.4. The Kier molecular flexibility index (Phi) is 5.11. The molecule has 2 saturated heterocycles. The minimum Gasteiger partial charge on any atom is -0.497 e. The van der Waals surface area contributed by atoms with Gasteiger partial charge >= 0.3 is 0 Å². The summed E-state index contributed by atoms with van der Waals surface area (Å²) in [6.45, 7) is 0. The number of amidine groups is 1. The molecule has 3 rings (SSSR count). The van der Waals surface area contributed by atoms with Crippen LogP contribution in [0.15, 0.2) is 23.2 Å². The second-order valence-electron chi connectivity index (χ2n) is 5.83. The SMILES string of the molecule is COc1ccc(N2C(=NC(=O)CC#N)S[C@@H]3CS(=O)(=O)C[C@@H]32)c(OC)c1. The Morgan fingerprint density at radius 1 is 1.38 bits per heavy atom. The number of anilines is 1. The lowest BCUT2D eigenvalue weighted by molar-refractivity contribution is -0.116. The third-order valence-corrected chi connectivity index (χ3v) is 7.37. The first-order valence-electron chi connectivity index (χ1n) is 7.75. The molecule has 2 aliphatic heterocycles. The molecular weight excluding hydrogens is 378 g/mol. The molecule has 1 aromatic rings. The third-order valence-electron chi connectivity index (χ3n) is 4.16. The Morgan fingerprint density at radius 3 is 2.81 bits per heavy atom. The summed E-state index contributed by atoms with van der Waals surface area (Å²) in [4.78, 5) is 17.6. The molecule has 0 unspecified atom stereocenters. The van der Waals surface area contributed by atoms with Gasteiger partial charge < -0.3 is 14.4 Å². The minimum atomic E-state index is -3.16. The monoisotopic (exact) mass is 395 g/mol. The molecule has 2 atom stereocenters. The number of nitriles is 1. The average molecular weight is 395 g/mol. The lowest BCUT2D eigenvalue weighted by Gasteiger charge is -2.26. The predicted molar refractivity (Wildman–Crippen MR) is 98.5 cm³/mol. The van der Waals surface area contributed by atoms with Crippen molar-refractivity contribution in [1.82, 2.24) is 0 Å². The maximum absolute atomic E-state index is 12.1. The average Bonchev–Trinajstić information content (AvgIpc) is 3.05. The summed E-state index contributed by atoms with van der Waals surface area (Å²) in [5.41, 5.74) is 0.605. The van der Waals surface area contributed by atoms with Crippen LogP contribution < -0.4 is 14.4 Å². The van der Waals surface area contributed by atoms with Crippen LogP contribution in [0.25, 0.3) is 0 Å². The number of benzene rings is 1. The van der Waals surface area contributed by atoms with Gasteiger partial charge in [-0.25, -0.2) is 8.42 Å². The van der Waals surface area contributed by atoms with Gasteiger partial charge in [-0.3, -0.25) is 4.79 Å². The normalized spacial score (nSPS) is 25.0. The van der Waals surface area contributed by atoms with Crippen molar-refractivity contribution in [3.8, 4) is 17.6 Å². The van der Waals surface area contributed by atoms with Gasteiger partial charge in [-0.1, -0.05) is 11.8 Å². The van der Waals surface area contributed by atoms with Crippen LogP contribution in [0.2, 0.25) is 0 Å². The van der Waals surface area contributed by atoms with Crippen LogP contribution in [0.4, 0.5) is 5.69 Å². The van der Waals surface area contributed by atoms with Gasteiger partial charge in [0.1, 0.15) is 17.9 Å². The second kappa shape index (κ2) is 7.17. The van der Waals surface area contributed by atoms with E-state index >= 15 is 0 Å². The smallest absolute Gasteiger partial charge is 0.262 e. The van der Waals surface area contributed by atoms with Gasteiger partial charge in [0, 0.05) is 11.3 Å². The van der Waals surface area contributed by atoms with E-state index < -0.39 is 15.7 Å². The van der Waals surface area contributed by atoms with E-state index in [2.05, 4.69) is 4.99 Å². The summed E-state index contributed by atoms with van der Waals surface area (Å²) in [6, 6.07) is 6.59. The van der Waals surface area contributed by atoms with E-state index in [9.17, 15) is 13.2 Å². The molecule has 10 heteroatoms. The molecule has 8 nitrogen and oxygen atoms in total. The van der Waals surface area contributed by atoms with Crippen LogP contribution in [0.5, 0.6) is 11.5 Å². The van der Waals surface area contributed by atoms with Crippen LogP contribution in [-0.2, 0) is 14.6 Å². The van der Waals surface area contributed by atoms with Crippen molar-refractivity contribution >= 4 is 38.4 Å². The number of thioether (sulfide) groups is 1. The van der Waals surface area contributed by atoms with Crippen molar-refractivity contribution in [2.75, 3.05) is 30.6 Å². The molecule has 138 valence electrons. The van der Waals surface area contributed by atoms with Crippen LogP contribution in [0, 0.1) is 11.3 Å². The van der Waals surface area contributed by atoms with Gasteiger partial charge in [0.25, 0.3) is 5.91 Å². The van der Waals surface area contributed by atoms with E-state index in [0.717, 1.165) is 0 Å². The quantitative estimate of drug-likeness (QED) is 0.749. The van der Waals surface area contributed by atoms with Crippen LogP contribution in [0.3, 0.4) is 0 Å². The molecular formula is C16H17N3O5S2. The Morgan fingerprint density at radius 2 is 2.15 bits per heavy atom. The van der Waals surface area contributed by atoms with Crippen molar-refractivity contribution < 1.29 is 22.7 Å². The number of hydrogen-bond acceptors (Lipinski definition) is 7. The number of aliphatic imine (C=N–C) groups is 1. The highest BCUT2D eigenvalue weighted by Crippen LogP contribution is 2.44. The second-order valence-corrected chi connectivity index (χ2v) is 9.19. The molecule has 2 fully saturated rings. The number of nitrogens with zero attached hydrogens (tertiary/aromatic N) is 3. The van der Waals surface area contributed by atoms with E-state index in [4.69, 9.17) is 14.7 Å². The number of fused-ring (bicyclic) bond motifs is 1. The van der Waals surface area contributed by atoms with Gasteiger partial charge in [-0.15, -0.1) is 0 Å². The van der Waals surface area contributed by atoms with Crippen LogP contribution in [-0.4, -0.2) is 56.5 Å². The number of carbonyl (C=O) groups excluding carboxylic acids is 1. The number of hydrogen-bond donors (Lipinski definition) is 0. The van der Waals surface area contributed by atoms with Crippen LogP contribution >= 0.6 is 11.8 Å². The Labute approximate surface area is 155 Å². The molecule has 1 amide bonds. The molecule has 0 saturated carbocycles. The largest absolute Gasteiger partial charge is 0.497 e. The van der Waals surface area contributed by atoms with Crippen molar-refractivity contribution in [2.24, 2.45) is 4.99 Å². The van der Waals surface area contributed by atoms with Gasteiger partial charge in [0.15, 0.2) is 15.0 Å². The molecule has 0 aromatic heterocycles. The molecule has 0 radical (unpaired) electrons. The number of sulfone groups is 1. The van der Waals surface area contributed by atoms with Crippen molar-refractivity contribution in [3.63, 3.8) is 0 Å². The van der Waals surface area contributed by atoms with E-state index in [-0.39, 0.29) is 29.2 Å². The molecule has 2 heterocycles. The van der Waals surface area contributed by atoms with Crippen LogP contribution in [0.1, 0.15) is 6.42 Å². The summed E-state index contributed by atoms with van der Waals surface area (Å²) in [6.07, 6.45) is -0.328. The summed E-state index contributed by atoms with van der Waals surface area (Å²) in [7, 11) is -0.124. The number of carbonyl (C=O) groups is 1. The highest BCUT2D eigenvalue weighted by atomic mass is 32.2. The molecule has 0 aliphatic carbocycles. The van der Waals surface area contributed by atoms with Gasteiger partial charge in [0.2, 0.25) is 0 Å². The zero-order valence-electron chi connectivity index (χ0n) is 14.2. The Hall–Kier alpha value is -2.25. The molecule has 2 aliphatic rings. The molecule has 1 aromatic carbocycles. The van der Waals surface area contributed by atoms with Gasteiger partial charge in [-0.2, -0.15) is 10.3 Å². The van der Waals surface area contributed by atoms with E-state index in [1.807, 2.05) is 0 Å². The fourth-order valence-corrected chi connectivity index (χ4v) is 6.97. The maximum Gasteiger partial charge on any atom is 0.262 e. The van der Waals surface area contributed by atoms with Crippen molar-refractivity contribution in [2.45, 2.75) is 17.7 Å². The molecule has 26 heavy (non-hydrogen) atoms. The number of methoxy groups -OCH3 is 2. The third kappa shape index (κ3) is 3.50. The van der Waals surface area contributed by atoms with E-state index in [0.29, 0.717) is 22.4 Å². The lowest BCUT2D eigenvalue weighted by Crippen LogP contribution is -2.38. The van der Waals surface area contributed by atoms with Gasteiger partial charge in [0.05, 0.1) is 43.5 Å². The first-order valence-corrected chi connectivity index (χ1v) is 10.5. The van der Waals surface area contributed by atoms with E-state index in [1.165, 1.54) is 26.0 Å². The lowest BCUT2D eigenvalue weighted by atomic mass is 10.2. The topological polar surface area (TPSA) is 109 Å². The Balaban J connectivity index is 2.07. The highest BCUT2D eigenvalue weighted by Gasteiger charge is 2.50. The fourth-order valence-electron chi connectivity index (χ4n) is 3.04. The molecule has 0 spiro atoms. The summed E-state index contributed by atoms with van der Waals surface area (Å²) >= 11 is 1.25. The fraction of sp³-hybridized carbons (Fsp3) is 0.438. The number of ether oxygens (including phenoxy) is 2. The summed E-state index contributed by atoms with van der Waals surface area (Å²) in [5, 5.41) is 8.86. The first kappa shape index (κ1) is 18.5. The maximum atomic E-state index is 12.1. The number of amides is 1. The zero-order valence-corrected chi connectivity index (χ0v) is 15.8. The minimum absolute atomic E-state index is 0.0225. The van der Waals surface area contributed by atoms with Crippen molar-refractivity contribution in [1.29, 1.82) is 5.26 Å². The van der Waals surface area contributed by atoms with E-state index in [1.54, 1.807) is 29.2 Å². The standard InChI is InChI=1S/C16H17N3O5S2/c1-23-10-3-4-11(13(7-10)24-2)19-12-8-26(21,22)9-14(12)25-16(19)18-15(20)5-6-17/h3-4,7,12,14H,5,8-9H2,1-2H3/t12-,14+/m0/s1. The zero-order chi connectivity index (χ0) is 18.9. The van der Waals surface area contributed by atoms with Crippen molar-refractivity contribution in [3.05, 3.63) is 18.2 Å². The summed E-state index contributed by atoms with van der Waals surface area (Å²) < 4.78 is 34.8. The summed E-state index contributed by atoms with van der Waals surface area (Å²) in [5.74, 6) is 0.520. The number of rotatable bonds is 4. The Bertz CT molecular complexity index is 907. The molecule has 0 N–H and O–H groups in total.